The fourth-order valence-corrected chi connectivity index (χ4v) is 1.98. The van der Waals surface area contributed by atoms with Crippen LogP contribution < -0.4 is 5.32 Å². The fourth-order valence-electron chi connectivity index (χ4n) is 1.63. The molecule has 2 nitrogen and oxygen atoms in total. The van der Waals surface area contributed by atoms with Crippen LogP contribution in [0.3, 0.4) is 0 Å². The molecule has 0 radical (unpaired) electrons. The van der Waals surface area contributed by atoms with Crippen LogP contribution in [0.1, 0.15) is 31.9 Å². The zero-order valence-electron chi connectivity index (χ0n) is 7.77. The predicted molar refractivity (Wildman–Crippen MR) is 55.5 cm³/mol. The maximum atomic E-state index is 5.32. The van der Waals surface area contributed by atoms with Gasteiger partial charge in [-0.05, 0) is 48.2 Å². The molecule has 0 saturated heterocycles. The molecule has 1 aromatic heterocycles. The maximum absolute atomic E-state index is 5.32. The van der Waals surface area contributed by atoms with E-state index in [9.17, 15) is 0 Å². The molecule has 1 fully saturated rings. The van der Waals surface area contributed by atoms with Crippen LogP contribution in [0, 0.1) is 0 Å². The van der Waals surface area contributed by atoms with Gasteiger partial charge in [-0.3, -0.25) is 0 Å². The van der Waals surface area contributed by atoms with Crippen molar-refractivity contribution in [2.45, 2.75) is 38.3 Å². The van der Waals surface area contributed by atoms with Crippen LogP contribution in [-0.2, 0) is 6.54 Å². The molecule has 1 aromatic rings. The van der Waals surface area contributed by atoms with Gasteiger partial charge in [-0.1, -0.05) is 0 Å². The molecule has 0 unspecified atom stereocenters. The van der Waals surface area contributed by atoms with Gasteiger partial charge in [-0.15, -0.1) is 0 Å². The molecule has 1 heterocycles. The quantitative estimate of drug-likeness (QED) is 0.883. The molecule has 72 valence electrons. The van der Waals surface area contributed by atoms with Crippen molar-refractivity contribution in [3.05, 3.63) is 22.6 Å². The lowest BCUT2D eigenvalue weighted by atomic mass is 9.78. The number of rotatable bonds is 3. The van der Waals surface area contributed by atoms with Gasteiger partial charge in [0.25, 0.3) is 0 Å². The molecular formula is C10H14BrNO. The Morgan fingerprint density at radius 3 is 2.85 bits per heavy atom. The lowest BCUT2D eigenvalue weighted by Gasteiger charge is -2.39. The largest absolute Gasteiger partial charge is 0.467 e. The first-order valence-corrected chi connectivity index (χ1v) is 5.45. The fraction of sp³-hybridized carbons (Fsp3) is 0.600. The minimum absolute atomic E-state index is 0.360. The third-order valence-electron chi connectivity index (χ3n) is 2.77. The molecule has 3 heteroatoms. The van der Waals surface area contributed by atoms with Crippen molar-refractivity contribution in [1.82, 2.24) is 5.32 Å². The third-order valence-corrected chi connectivity index (χ3v) is 3.18. The summed E-state index contributed by atoms with van der Waals surface area (Å²) in [5.41, 5.74) is 0.360. The van der Waals surface area contributed by atoms with Crippen molar-refractivity contribution in [3.63, 3.8) is 0 Å². The molecule has 1 aliphatic carbocycles. The van der Waals surface area contributed by atoms with E-state index in [1.54, 1.807) is 6.26 Å². The summed E-state index contributed by atoms with van der Waals surface area (Å²) in [6.07, 6.45) is 5.65. The smallest absolute Gasteiger partial charge is 0.118 e. The Morgan fingerprint density at radius 2 is 2.38 bits per heavy atom. The van der Waals surface area contributed by atoms with Gasteiger partial charge in [0, 0.05) is 5.54 Å². The van der Waals surface area contributed by atoms with Gasteiger partial charge in [-0.25, -0.2) is 0 Å². The van der Waals surface area contributed by atoms with Crippen molar-refractivity contribution >= 4 is 15.9 Å². The minimum Gasteiger partial charge on any atom is -0.467 e. The van der Waals surface area contributed by atoms with Crippen LogP contribution >= 0.6 is 15.9 Å². The van der Waals surface area contributed by atoms with Crippen LogP contribution in [0.15, 0.2) is 21.2 Å². The summed E-state index contributed by atoms with van der Waals surface area (Å²) < 4.78 is 6.34. The van der Waals surface area contributed by atoms with Gasteiger partial charge in [0.05, 0.1) is 11.0 Å². The highest BCUT2D eigenvalue weighted by atomic mass is 79.9. The van der Waals surface area contributed by atoms with E-state index >= 15 is 0 Å². The van der Waals surface area contributed by atoms with Gasteiger partial charge in [0.15, 0.2) is 0 Å². The van der Waals surface area contributed by atoms with Gasteiger partial charge in [0.1, 0.15) is 12.0 Å². The summed E-state index contributed by atoms with van der Waals surface area (Å²) >= 11 is 3.36. The van der Waals surface area contributed by atoms with Crippen molar-refractivity contribution in [2.75, 3.05) is 0 Å². The molecule has 2 rings (SSSR count). The molecule has 0 amide bonds. The Labute approximate surface area is 86.8 Å². The second-order valence-corrected chi connectivity index (χ2v) is 4.91. The number of nitrogens with one attached hydrogen (secondary N) is 1. The predicted octanol–water partition coefficient (Wildman–Crippen LogP) is 3.07. The zero-order chi connectivity index (χ0) is 9.31. The highest BCUT2D eigenvalue weighted by Crippen LogP contribution is 2.31. The van der Waals surface area contributed by atoms with Gasteiger partial charge < -0.3 is 9.73 Å². The van der Waals surface area contributed by atoms with Crippen molar-refractivity contribution in [2.24, 2.45) is 0 Å². The Hall–Kier alpha value is -0.280. The zero-order valence-corrected chi connectivity index (χ0v) is 9.36. The maximum Gasteiger partial charge on any atom is 0.118 e. The number of hydrogen-bond donors (Lipinski definition) is 1. The molecule has 0 aliphatic heterocycles. The van der Waals surface area contributed by atoms with Crippen LogP contribution in [0.25, 0.3) is 0 Å². The first-order valence-electron chi connectivity index (χ1n) is 4.66. The summed E-state index contributed by atoms with van der Waals surface area (Å²) in [5, 5.41) is 3.51. The average molecular weight is 244 g/mol. The molecule has 0 atom stereocenters. The normalized spacial score (nSPS) is 19.8. The SMILES string of the molecule is CC1(NCc2cc(Br)co2)CCC1. The van der Waals surface area contributed by atoms with Crippen molar-refractivity contribution in [1.29, 1.82) is 0 Å². The first-order chi connectivity index (χ1) is 6.18. The van der Waals surface area contributed by atoms with Crippen molar-refractivity contribution in [3.8, 4) is 0 Å². The van der Waals surface area contributed by atoms with E-state index in [0.717, 1.165) is 16.8 Å². The van der Waals surface area contributed by atoms with E-state index in [4.69, 9.17) is 4.42 Å². The summed E-state index contributed by atoms with van der Waals surface area (Å²) in [6, 6.07) is 2.01. The summed E-state index contributed by atoms with van der Waals surface area (Å²) in [7, 11) is 0. The Bertz CT molecular complexity index is 291. The van der Waals surface area contributed by atoms with Gasteiger partial charge >= 0.3 is 0 Å². The van der Waals surface area contributed by atoms with E-state index in [2.05, 4.69) is 28.2 Å². The number of furan rings is 1. The second-order valence-electron chi connectivity index (χ2n) is 4.00. The van der Waals surface area contributed by atoms with E-state index in [0.29, 0.717) is 5.54 Å². The lowest BCUT2D eigenvalue weighted by molar-refractivity contribution is 0.201. The Morgan fingerprint density at radius 1 is 1.62 bits per heavy atom. The van der Waals surface area contributed by atoms with Crippen LogP contribution in [-0.4, -0.2) is 5.54 Å². The Balaban J connectivity index is 1.85. The van der Waals surface area contributed by atoms with Gasteiger partial charge in [-0.2, -0.15) is 0 Å². The van der Waals surface area contributed by atoms with E-state index in [-0.39, 0.29) is 0 Å². The standard InChI is InChI=1S/C10H14BrNO/c1-10(3-2-4-10)12-6-9-5-8(11)7-13-9/h5,7,12H,2-4,6H2,1H3. The number of halogens is 1. The highest BCUT2D eigenvalue weighted by Gasteiger charge is 2.30. The van der Waals surface area contributed by atoms with Gasteiger partial charge in [0.2, 0.25) is 0 Å². The summed E-state index contributed by atoms with van der Waals surface area (Å²) in [6.45, 7) is 3.11. The average Bonchev–Trinajstić information content (AvgIpc) is 2.44. The summed E-state index contributed by atoms with van der Waals surface area (Å²) in [5.74, 6) is 1.00. The second kappa shape index (κ2) is 3.46. The van der Waals surface area contributed by atoms with Crippen LogP contribution in [0.4, 0.5) is 0 Å². The molecule has 0 spiro atoms. The molecule has 0 bridgehead atoms. The lowest BCUT2D eigenvalue weighted by Crippen LogP contribution is -2.47. The molecule has 0 aromatic carbocycles. The van der Waals surface area contributed by atoms with E-state index in [1.807, 2.05) is 6.07 Å². The first kappa shape index (κ1) is 9.28. The molecule has 1 saturated carbocycles. The van der Waals surface area contributed by atoms with E-state index < -0.39 is 0 Å². The van der Waals surface area contributed by atoms with Crippen molar-refractivity contribution < 1.29 is 4.42 Å². The topological polar surface area (TPSA) is 25.2 Å². The molecule has 1 aliphatic rings. The van der Waals surface area contributed by atoms with Crippen LogP contribution in [0.2, 0.25) is 0 Å². The Kier molecular flexibility index (Phi) is 2.47. The van der Waals surface area contributed by atoms with Crippen LogP contribution in [0.5, 0.6) is 0 Å². The molecular weight excluding hydrogens is 230 g/mol. The molecule has 1 N–H and O–H groups in total. The monoisotopic (exact) mass is 243 g/mol. The summed E-state index contributed by atoms with van der Waals surface area (Å²) in [4.78, 5) is 0. The van der Waals surface area contributed by atoms with E-state index in [1.165, 1.54) is 19.3 Å². The minimum atomic E-state index is 0.360. The highest BCUT2D eigenvalue weighted by molar-refractivity contribution is 9.10. The number of hydrogen-bond acceptors (Lipinski definition) is 2. The molecule has 13 heavy (non-hydrogen) atoms. The third kappa shape index (κ3) is 2.15.